The van der Waals surface area contributed by atoms with Crippen LogP contribution in [0.1, 0.15) is 37.1 Å². The fourth-order valence-corrected chi connectivity index (χ4v) is 1.37. The number of nitrogens with one attached hydrogen (secondary N) is 1. The van der Waals surface area contributed by atoms with Gasteiger partial charge in [-0.1, -0.05) is 13.8 Å². The Morgan fingerprint density at radius 3 is 2.60 bits per heavy atom. The molecular formula is C14H18N2O4. The van der Waals surface area contributed by atoms with Gasteiger partial charge in [-0.25, -0.2) is 4.79 Å². The van der Waals surface area contributed by atoms with Crippen LogP contribution in [-0.2, 0) is 9.53 Å². The van der Waals surface area contributed by atoms with E-state index in [1.807, 2.05) is 19.9 Å². The van der Waals surface area contributed by atoms with Gasteiger partial charge < -0.3 is 14.5 Å². The van der Waals surface area contributed by atoms with Crippen LogP contribution in [0.2, 0.25) is 0 Å². The minimum absolute atomic E-state index is 0.0437. The molecule has 0 fully saturated rings. The maximum Gasteiger partial charge on any atom is 0.374 e. The minimum Gasteiger partial charge on any atom is -0.454 e. The number of hydrogen-bond acceptors (Lipinski definition) is 5. The van der Waals surface area contributed by atoms with Crippen molar-refractivity contribution < 1.29 is 18.7 Å². The van der Waals surface area contributed by atoms with Crippen molar-refractivity contribution in [2.45, 2.75) is 33.2 Å². The number of furan rings is 1. The average molecular weight is 278 g/mol. The number of nitriles is 1. The van der Waals surface area contributed by atoms with E-state index < -0.39 is 24.0 Å². The number of nitrogens with zero attached hydrogens (tertiary/aromatic N) is 1. The van der Waals surface area contributed by atoms with Crippen molar-refractivity contribution >= 4 is 11.9 Å². The second-order valence-electron chi connectivity index (χ2n) is 5.00. The highest BCUT2D eigenvalue weighted by atomic mass is 16.5. The van der Waals surface area contributed by atoms with Crippen LogP contribution >= 0.6 is 0 Å². The molecule has 20 heavy (non-hydrogen) atoms. The van der Waals surface area contributed by atoms with E-state index in [2.05, 4.69) is 5.32 Å². The summed E-state index contributed by atoms with van der Waals surface area (Å²) in [6.45, 7) is 6.50. The van der Waals surface area contributed by atoms with E-state index in [-0.39, 0.29) is 11.7 Å². The van der Waals surface area contributed by atoms with Gasteiger partial charge in [-0.05, 0) is 31.9 Å². The van der Waals surface area contributed by atoms with E-state index in [0.717, 1.165) is 0 Å². The highest BCUT2D eigenvalue weighted by Crippen LogP contribution is 2.15. The molecule has 0 unspecified atom stereocenters. The topological polar surface area (TPSA) is 92.3 Å². The van der Waals surface area contributed by atoms with Crippen LogP contribution < -0.4 is 5.32 Å². The highest BCUT2D eigenvalue weighted by molar-refractivity contribution is 5.89. The van der Waals surface area contributed by atoms with Crippen molar-refractivity contribution in [1.29, 1.82) is 5.26 Å². The zero-order valence-corrected chi connectivity index (χ0v) is 12.0. The standard InChI is InChI=1S/C14H18N2O4/c1-9(2)14(4,8-15)16-12(17)7-19-13(18)11-6-5-10(3)20-11/h5-6,9H,7H2,1-4H3,(H,16,17)/t14-/m1/s1. The molecule has 6 nitrogen and oxygen atoms in total. The van der Waals surface area contributed by atoms with Crippen LogP contribution in [-0.4, -0.2) is 24.0 Å². The van der Waals surface area contributed by atoms with Gasteiger partial charge >= 0.3 is 5.97 Å². The summed E-state index contributed by atoms with van der Waals surface area (Å²) in [7, 11) is 0. The van der Waals surface area contributed by atoms with Gasteiger partial charge in [-0.2, -0.15) is 5.26 Å². The number of rotatable bonds is 5. The van der Waals surface area contributed by atoms with E-state index >= 15 is 0 Å². The number of carbonyl (C=O) groups excluding carboxylic acids is 2. The summed E-state index contributed by atoms with van der Waals surface area (Å²) in [5, 5.41) is 11.6. The lowest BCUT2D eigenvalue weighted by Gasteiger charge is -2.27. The molecule has 0 aliphatic heterocycles. The molecular weight excluding hydrogens is 260 g/mol. The van der Waals surface area contributed by atoms with E-state index in [1.165, 1.54) is 6.07 Å². The fourth-order valence-electron chi connectivity index (χ4n) is 1.37. The number of carbonyl (C=O) groups is 2. The Labute approximate surface area is 117 Å². The molecule has 1 atom stereocenters. The Bertz CT molecular complexity index is 542. The summed E-state index contributed by atoms with van der Waals surface area (Å²) in [6.07, 6.45) is 0. The van der Waals surface area contributed by atoms with E-state index in [9.17, 15) is 9.59 Å². The van der Waals surface area contributed by atoms with Crippen LogP contribution in [0, 0.1) is 24.2 Å². The molecule has 1 N–H and O–H groups in total. The van der Waals surface area contributed by atoms with Gasteiger partial charge in [0.05, 0.1) is 6.07 Å². The molecule has 0 bridgehead atoms. The molecule has 0 saturated heterocycles. The Morgan fingerprint density at radius 1 is 1.50 bits per heavy atom. The summed E-state index contributed by atoms with van der Waals surface area (Å²) in [6, 6.07) is 5.14. The van der Waals surface area contributed by atoms with Crippen molar-refractivity contribution in [3.8, 4) is 6.07 Å². The first-order valence-electron chi connectivity index (χ1n) is 6.24. The van der Waals surface area contributed by atoms with Crippen molar-refractivity contribution in [2.24, 2.45) is 5.92 Å². The smallest absolute Gasteiger partial charge is 0.374 e. The number of aryl methyl sites for hydroxylation is 1. The van der Waals surface area contributed by atoms with Gasteiger partial charge in [0.1, 0.15) is 11.3 Å². The zero-order chi connectivity index (χ0) is 15.3. The minimum atomic E-state index is -0.995. The van der Waals surface area contributed by atoms with Gasteiger partial charge in [0, 0.05) is 0 Å². The van der Waals surface area contributed by atoms with E-state index in [4.69, 9.17) is 14.4 Å². The molecule has 0 saturated carbocycles. The number of hydrogen-bond donors (Lipinski definition) is 1. The average Bonchev–Trinajstić information content (AvgIpc) is 2.82. The fraction of sp³-hybridized carbons (Fsp3) is 0.500. The molecule has 0 spiro atoms. The summed E-state index contributed by atoms with van der Waals surface area (Å²) in [5.74, 6) is -0.684. The molecule has 1 aromatic heterocycles. The maximum atomic E-state index is 11.7. The molecule has 6 heteroatoms. The number of ether oxygens (including phenoxy) is 1. The lowest BCUT2D eigenvalue weighted by atomic mass is 9.90. The van der Waals surface area contributed by atoms with Gasteiger partial charge in [0.2, 0.25) is 5.76 Å². The first kappa shape index (κ1) is 15.8. The van der Waals surface area contributed by atoms with Crippen LogP contribution in [0.25, 0.3) is 0 Å². The molecule has 1 rings (SSSR count). The zero-order valence-electron chi connectivity index (χ0n) is 12.0. The summed E-state index contributed by atoms with van der Waals surface area (Å²) < 4.78 is 9.90. The predicted molar refractivity (Wildman–Crippen MR) is 70.7 cm³/mol. The lowest BCUT2D eigenvalue weighted by molar-refractivity contribution is -0.125. The van der Waals surface area contributed by atoms with Crippen LogP contribution in [0.4, 0.5) is 0 Å². The third kappa shape index (κ3) is 3.85. The van der Waals surface area contributed by atoms with Crippen molar-refractivity contribution in [1.82, 2.24) is 5.32 Å². The normalized spacial score (nSPS) is 13.4. The largest absolute Gasteiger partial charge is 0.454 e. The molecule has 0 aliphatic rings. The van der Waals surface area contributed by atoms with E-state index in [1.54, 1.807) is 19.9 Å². The van der Waals surface area contributed by atoms with Crippen LogP contribution in [0.5, 0.6) is 0 Å². The van der Waals surface area contributed by atoms with Crippen LogP contribution in [0.15, 0.2) is 16.5 Å². The summed E-state index contributed by atoms with van der Waals surface area (Å²) >= 11 is 0. The Hall–Kier alpha value is -2.29. The Balaban J connectivity index is 2.52. The van der Waals surface area contributed by atoms with Crippen molar-refractivity contribution in [3.63, 3.8) is 0 Å². The first-order chi connectivity index (χ1) is 9.28. The number of amides is 1. The van der Waals surface area contributed by atoms with E-state index in [0.29, 0.717) is 5.76 Å². The molecule has 108 valence electrons. The van der Waals surface area contributed by atoms with Crippen molar-refractivity contribution in [2.75, 3.05) is 6.61 Å². The van der Waals surface area contributed by atoms with Gasteiger partial charge in [-0.15, -0.1) is 0 Å². The highest BCUT2D eigenvalue weighted by Gasteiger charge is 2.30. The Morgan fingerprint density at radius 2 is 2.15 bits per heavy atom. The monoisotopic (exact) mass is 278 g/mol. The third-order valence-electron chi connectivity index (χ3n) is 3.06. The predicted octanol–water partition coefficient (Wildman–Crippen LogP) is 1.80. The number of esters is 1. The van der Waals surface area contributed by atoms with Gasteiger partial charge in [0.15, 0.2) is 6.61 Å². The van der Waals surface area contributed by atoms with Crippen molar-refractivity contribution in [3.05, 3.63) is 23.7 Å². The quantitative estimate of drug-likeness (QED) is 0.829. The summed E-state index contributed by atoms with van der Waals surface area (Å²) in [4.78, 5) is 23.3. The molecule has 1 aromatic rings. The molecule has 0 aliphatic carbocycles. The lowest BCUT2D eigenvalue weighted by Crippen LogP contribution is -2.50. The van der Waals surface area contributed by atoms with Gasteiger partial charge in [0.25, 0.3) is 5.91 Å². The second-order valence-corrected chi connectivity index (χ2v) is 5.00. The Kier molecular flexibility index (Phi) is 4.92. The molecule has 0 aromatic carbocycles. The van der Waals surface area contributed by atoms with Gasteiger partial charge in [-0.3, -0.25) is 4.79 Å². The SMILES string of the molecule is Cc1ccc(C(=O)OCC(=O)N[C@](C)(C#N)C(C)C)o1. The second kappa shape index (κ2) is 6.24. The van der Waals surface area contributed by atoms with Crippen LogP contribution in [0.3, 0.4) is 0 Å². The maximum absolute atomic E-state index is 11.7. The molecule has 1 heterocycles. The third-order valence-corrected chi connectivity index (χ3v) is 3.06. The summed E-state index contributed by atoms with van der Waals surface area (Å²) in [5.41, 5.74) is -0.995. The molecule has 1 amide bonds. The first-order valence-corrected chi connectivity index (χ1v) is 6.24. The molecule has 0 radical (unpaired) electrons.